The highest BCUT2D eigenvalue weighted by Crippen LogP contribution is 2.35. The highest BCUT2D eigenvalue weighted by atomic mass is 19.4. The summed E-state index contributed by atoms with van der Waals surface area (Å²) in [5, 5.41) is 13.8. The monoisotopic (exact) mass is 332 g/mol. The van der Waals surface area contributed by atoms with E-state index in [0.717, 1.165) is 12.1 Å². The standard InChI is InChI=1S/C13H15F3N4O3/c14-13(15,16)9-1-2-10(11(5-9)20(22)23)18-6-8-3-4-19(7-8)12(17)21/h1-2,5,8,18H,3-4,6-7H2,(H2,17,21)/t8-/m1/s1. The minimum absolute atomic E-state index is 0.0144. The number of rotatable bonds is 4. The maximum atomic E-state index is 12.6. The van der Waals surface area contributed by atoms with E-state index >= 15 is 0 Å². The molecule has 0 unspecified atom stereocenters. The minimum Gasteiger partial charge on any atom is -0.379 e. The number of halogens is 3. The Balaban J connectivity index is 2.08. The van der Waals surface area contributed by atoms with E-state index in [0.29, 0.717) is 32.1 Å². The van der Waals surface area contributed by atoms with Crippen LogP contribution in [0.1, 0.15) is 12.0 Å². The number of benzene rings is 1. The molecule has 23 heavy (non-hydrogen) atoms. The number of primary amides is 1. The van der Waals surface area contributed by atoms with E-state index in [1.165, 1.54) is 4.90 Å². The van der Waals surface area contributed by atoms with Crippen molar-refractivity contribution in [2.24, 2.45) is 11.7 Å². The van der Waals surface area contributed by atoms with Crippen molar-refractivity contribution >= 4 is 17.4 Å². The molecule has 10 heteroatoms. The second-order valence-corrected chi connectivity index (χ2v) is 5.31. The molecule has 0 spiro atoms. The summed E-state index contributed by atoms with van der Waals surface area (Å²) in [7, 11) is 0. The van der Waals surface area contributed by atoms with Crippen molar-refractivity contribution in [1.29, 1.82) is 0 Å². The van der Waals surface area contributed by atoms with Crippen LogP contribution in [0.2, 0.25) is 0 Å². The van der Waals surface area contributed by atoms with E-state index in [4.69, 9.17) is 5.73 Å². The van der Waals surface area contributed by atoms with Crippen molar-refractivity contribution in [1.82, 2.24) is 4.90 Å². The van der Waals surface area contributed by atoms with Crippen LogP contribution in [0.25, 0.3) is 0 Å². The average molecular weight is 332 g/mol. The fourth-order valence-electron chi connectivity index (χ4n) is 2.46. The van der Waals surface area contributed by atoms with Crippen LogP contribution in [0.4, 0.5) is 29.3 Å². The summed E-state index contributed by atoms with van der Waals surface area (Å²) < 4.78 is 37.9. The molecule has 3 N–H and O–H groups in total. The molecule has 1 heterocycles. The number of alkyl halides is 3. The number of nitro groups is 1. The molecule has 2 amide bonds. The van der Waals surface area contributed by atoms with Crippen LogP contribution < -0.4 is 11.1 Å². The third-order valence-corrected chi connectivity index (χ3v) is 3.70. The van der Waals surface area contributed by atoms with E-state index in [2.05, 4.69) is 5.32 Å². The van der Waals surface area contributed by atoms with Gasteiger partial charge in [-0.25, -0.2) is 4.79 Å². The Labute approximate surface area is 129 Å². The molecular formula is C13H15F3N4O3. The van der Waals surface area contributed by atoms with Gasteiger partial charge >= 0.3 is 12.2 Å². The molecule has 7 nitrogen and oxygen atoms in total. The summed E-state index contributed by atoms with van der Waals surface area (Å²) in [5.41, 5.74) is 3.47. The van der Waals surface area contributed by atoms with Gasteiger partial charge in [0.15, 0.2) is 0 Å². The smallest absolute Gasteiger partial charge is 0.379 e. The predicted molar refractivity (Wildman–Crippen MR) is 75.9 cm³/mol. The molecular weight excluding hydrogens is 317 g/mol. The summed E-state index contributed by atoms with van der Waals surface area (Å²) in [5.74, 6) is 0.0318. The van der Waals surface area contributed by atoms with Crippen molar-refractivity contribution in [2.75, 3.05) is 25.0 Å². The summed E-state index contributed by atoms with van der Waals surface area (Å²) in [4.78, 5) is 22.6. The van der Waals surface area contributed by atoms with E-state index in [1.54, 1.807) is 0 Å². The van der Waals surface area contributed by atoms with Crippen LogP contribution in [0.15, 0.2) is 18.2 Å². The number of nitrogens with one attached hydrogen (secondary N) is 1. The number of urea groups is 1. The fourth-order valence-corrected chi connectivity index (χ4v) is 2.46. The first-order valence-corrected chi connectivity index (χ1v) is 6.82. The first-order chi connectivity index (χ1) is 10.7. The van der Waals surface area contributed by atoms with Crippen molar-refractivity contribution < 1.29 is 22.9 Å². The molecule has 1 atom stereocenters. The number of carbonyl (C=O) groups is 1. The lowest BCUT2D eigenvalue weighted by Gasteiger charge is -2.15. The summed E-state index contributed by atoms with van der Waals surface area (Å²) in [6, 6.07) is 1.81. The number of nitro benzene ring substituents is 1. The molecule has 1 aromatic rings. The van der Waals surface area contributed by atoms with Crippen LogP contribution in [0.3, 0.4) is 0 Å². The van der Waals surface area contributed by atoms with Gasteiger partial charge in [0.05, 0.1) is 10.5 Å². The predicted octanol–water partition coefficient (Wildman–Crippen LogP) is 2.43. The molecule has 1 saturated heterocycles. The Kier molecular flexibility index (Phi) is 4.62. The van der Waals surface area contributed by atoms with Gasteiger partial charge in [0.1, 0.15) is 5.69 Å². The Morgan fingerprint density at radius 3 is 2.70 bits per heavy atom. The highest BCUT2D eigenvalue weighted by Gasteiger charge is 2.33. The molecule has 1 aromatic carbocycles. The molecule has 126 valence electrons. The zero-order valence-electron chi connectivity index (χ0n) is 12.0. The lowest BCUT2D eigenvalue weighted by atomic mass is 10.1. The highest BCUT2D eigenvalue weighted by molar-refractivity contribution is 5.72. The van der Waals surface area contributed by atoms with Gasteiger partial charge in [-0.3, -0.25) is 10.1 Å². The second kappa shape index (κ2) is 6.31. The van der Waals surface area contributed by atoms with Gasteiger partial charge in [-0.05, 0) is 24.5 Å². The number of carbonyl (C=O) groups excluding carboxylic acids is 1. The number of amides is 2. The normalized spacial score (nSPS) is 18.0. The van der Waals surface area contributed by atoms with Crippen LogP contribution in [-0.2, 0) is 6.18 Å². The van der Waals surface area contributed by atoms with Crippen molar-refractivity contribution in [3.8, 4) is 0 Å². The Morgan fingerprint density at radius 2 is 2.17 bits per heavy atom. The van der Waals surface area contributed by atoms with Gasteiger partial charge in [-0.15, -0.1) is 0 Å². The third kappa shape index (κ3) is 4.02. The molecule has 1 aliphatic rings. The maximum Gasteiger partial charge on any atom is 0.416 e. The number of nitrogens with two attached hydrogens (primary N) is 1. The van der Waals surface area contributed by atoms with Gasteiger partial charge in [0, 0.05) is 25.7 Å². The van der Waals surface area contributed by atoms with E-state index in [9.17, 15) is 28.1 Å². The summed E-state index contributed by atoms with van der Waals surface area (Å²) in [6.45, 7) is 1.21. The largest absolute Gasteiger partial charge is 0.416 e. The zero-order chi connectivity index (χ0) is 17.2. The molecule has 0 aliphatic carbocycles. The average Bonchev–Trinajstić information content (AvgIpc) is 2.92. The quantitative estimate of drug-likeness (QED) is 0.653. The van der Waals surface area contributed by atoms with E-state index < -0.39 is 28.4 Å². The van der Waals surface area contributed by atoms with Gasteiger partial charge in [0.25, 0.3) is 5.69 Å². The first-order valence-electron chi connectivity index (χ1n) is 6.82. The molecule has 0 aromatic heterocycles. The lowest BCUT2D eigenvalue weighted by Crippen LogP contribution is -2.34. The minimum atomic E-state index is -4.64. The lowest BCUT2D eigenvalue weighted by molar-refractivity contribution is -0.384. The van der Waals surface area contributed by atoms with Crippen molar-refractivity contribution in [2.45, 2.75) is 12.6 Å². The van der Waals surface area contributed by atoms with Crippen LogP contribution in [0.5, 0.6) is 0 Å². The Hall–Kier alpha value is -2.52. The van der Waals surface area contributed by atoms with Crippen molar-refractivity contribution in [3.63, 3.8) is 0 Å². The van der Waals surface area contributed by atoms with Gasteiger partial charge in [-0.1, -0.05) is 0 Å². The maximum absolute atomic E-state index is 12.6. The number of anilines is 1. The molecule has 0 bridgehead atoms. The second-order valence-electron chi connectivity index (χ2n) is 5.31. The number of hydrogen-bond donors (Lipinski definition) is 2. The molecule has 0 saturated carbocycles. The summed E-state index contributed by atoms with van der Waals surface area (Å²) >= 11 is 0. The molecule has 0 radical (unpaired) electrons. The molecule has 2 rings (SSSR count). The number of nitrogens with zero attached hydrogens (tertiary/aromatic N) is 2. The molecule has 1 aliphatic heterocycles. The first kappa shape index (κ1) is 16.8. The fraction of sp³-hybridized carbons (Fsp3) is 0.462. The van der Waals surface area contributed by atoms with E-state index in [-0.39, 0.29) is 11.6 Å². The van der Waals surface area contributed by atoms with Crippen LogP contribution in [0, 0.1) is 16.0 Å². The van der Waals surface area contributed by atoms with Gasteiger partial charge in [-0.2, -0.15) is 13.2 Å². The van der Waals surface area contributed by atoms with Gasteiger partial charge < -0.3 is 16.0 Å². The van der Waals surface area contributed by atoms with Crippen LogP contribution >= 0.6 is 0 Å². The number of hydrogen-bond acceptors (Lipinski definition) is 4. The van der Waals surface area contributed by atoms with Gasteiger partial charge in [0.2, 0.25) is 0 Å². The Morgan fingerprint density at radius 1 is 1.48 bits per heavy atom. The SMILES string of the molecule is NC(=O)N1CC[C@H](CNc2ccc(C(F)(F)F)cc2[N+](=O)[O-])C1. The van der Waals surface area contributed by atoms with E-state index in [1.807, 2.05) is 0 Å². The molecule has 1 fully saturated rings. The summed E-state index contributed by atoms with van der Waals surface area (Å²) in [6.07, 6.45) is -3.97. The topological polar surface area (TPSA) is 102 Å². The Bertz CT molecular complexity index is 621. The number of likely N-dealkylation sites (tertiary alicyclic amines) is 1. The van der Waals surface area contributed by atoms with Crippen LogP contribution in [-0.4, -0.2) is 35.5 Å². The third-order valence-electron chi connectivity index (χ3n) is 3.70. The zero-order valence-corrected chi connectivity index (χ0v) is 12.0. The van der Waals surface area contributed by atoms with Crippen molar-refractivity contribution in [3.05, 3.63) is 33.9 Å².